The summed E-state index contributed by atoms with van der Waals surface area (Å²) in [4.78, 5) is 0.431. The van der Waals surface area contributed by atoms with Crippen molar-refractivity contribution in [3.05, 3.63) is 29.8 Å². The molecule has 0 bridgehead atoms. The zero-order valence-corrected chi connectivity index (χ0v) is 13.8. The molecule has 0 aromatic heterocycles. The van der Waals surface area contributed by atoms with Gasteiger partial charge in [-0.2, -0.15) is 16.1 Å². The molecule has 1 aromatic carbocycles. The number of rotatable bonds is 4. The van der Waals surface area contributed by atoms with E-state index in [0.29, 0.717) is 35.0 Å². The van der Waals surface area contributed by atoms with Crippen LogP contribution < -0.4 is 5.32 Å². The first-order chi connectivity index (χ1) is 9.45. The zero-order chi connectivity index (χ0) is 14.8. The van der Waals surface area contributed by atoms with E-state index in [1.54, 1.807) is 16.4 Å². The molecule has 0 amide bonds. The van der Waals surface area contributed by atoms with Gasteiger partial charge in [-0.25, -0.2) is 8.42 Å². The second kappa shape index (κ2) is 6.47. The Morgan fingerprint density at radius 3 is 2.45 bits per heavy atom. The van der Waals surface area contributed by atoms with Crippen LogP contribution in [-0.4, -0.2) is 43.4 Å². The molecule has 0 spiro atoms. The van der Waals surface area contributed by atoms with E-state index >= 15 is 0 Å². The summed E-state index contributed by atoms with van der Waals surface area (Å²) in [5, 5.41) is 3.71. The molecule has 1 saturated heterocycles. The first kappa shape index (κ1) is 15.8. The van der Waals surface area contributed by atoms with Crippen molar-refractivity contribution in [2.75, 3.05) is 20.1 Å². The lowest BCUT2D eigenvalue weighted by Crippen LogP contribution is -2.44. The summed E-state index contributed by atoms with van der Waals surface area (Å²) >= 11 is 1.85. The van der Waals surface area contributed by atoms with Gasteiger partial charge in [-0.3, -0.25) is 0 Å². The van der Waals surface area contributed by atoms with E-state index in [2.05, 4.69) is 19.2 Å². The van der Waals surface area contributed by atoms with Gasteiger partial charge in [-0.05, 0) is 18.7 Å². The molecule has 0 radical (unpaired) electrons. The molecule has 112 valence electrons. The third-order valence-corrected chi connectivity index (χ3v) is 6.50. The van der Waals surface area contributed by atoms with Crippen molar-refractivity contribution in [2.45, 2.75) is 35.8 Å². The first-order valence-electron chi connectivity index (χ1n) is 6.83. The van der Waals surface area contributed by atoms with Crippen molar-refractivity contribution in [3.63, 3.8) is 0 Å². The van der Waals surface area contributed by atoms with Crippen LogP contribution >= 0.6 is 11.8 Å². The molecule has 1 aliphatic rings. The molecular formula is C14H22N2O2S2. The van der Waals surface area contributed by atoms with Crippen molar-refractivity contribution >= 4 is 21.8 Å². The van der Waals surface area contributed by atoms with E-state index in [1.165, 1.54) is 0 Å². The van der Waals surface area contributed by atoms with Gasteiger partial charge < -0.3 is 5.32 Å². The molecule has 1 heterocycles. The predicted octanol–water partition coefficient (Wildman–Crippen LogP) is 1.92. The van der Waals surface area contributed by atoms with Crippen LogP contribution in [0.4, 0.5) is 0 Å². The van der Waals surface area contributed by atoms with E-state index in [1.807, 2.05) is 30.9 Å². The first-order valence-corrected chi connectivity index (χ1v) is 9.21. The molecule has 20 heavy (non-hydrogen) atoms. The van der Waals surface area contributed by atoms with E-state index in [4.69, 9.17) is 0 Å². The van der Waals surface area contributed by atoms with Gasteiger partial charge in [-0.1, -0.05) is 32.0 Å². The number of sulfonamides is 1. The van der Waals surface area contributed by atoms with Crippen LogP contribution in [0.3, 0.4) is 0 Å². The third kappa shape index (κ3) is 3.36. The normalized spacial score (nSPS) is 24.8. The Labute approximate surface area is 126 Å². The second-order valence-electron chi connectivity index (χ2n) is 5.22. The van der Waals surface area contributed by atoms with Crippen molar-refractivity contribution < 1.29 is 8.42 Å². The molecule has 1 aromatic rings. The number of nitrogens with zero attached hydrogens (tertiary/aromatic N) is 1. The average molecular weight is 314 g/mol. The standard InChI is InChI=1S/C14H22N2O2S2/c1-11-9-16(10-12(2)19-11)20(17,18)14-7-5-4-6-13(14)8-15-3/h4-7,11-12,15H,8-10H2,1-3H3. The van der Waals surface area contributed by atoms with E-state index in [-0.39, 0.29) is 0 Å². The molecule has 0 aliphatic carbocycles. The molecule has 2 unspecified atom stereocenters. The van der Waals surface area contributed by atoms with Gasteiger partial charge in [0.05, 0.1) is 4.90 Å². The molecule has 1 N–H and O–H groups in total. The maximum Gasteiger partial charge on any atom is 0.243 e. The monoisotopic (exact) mass is 314 g/mol. The third-order valence-electron chi connectivity index (χ3n) is 3.34. The van der Waals surface area contributed by atoms with Crippen LogP contribution in [0.2, 0.25) is 0 Å². The summed E-state index contributed by atoms with van der Waals surface area (Å²) in [6, 6.07) is 7.24. The summed E-state index contributed by atoms with van der Waals surface area (Å²) < 4.78 is 27.4. The van der Waals surface area contributed by atoms with Gasteiger partial charge >= 0.3 is 0 Å². The molecule has 2 atom stereocenters. The lowest BCUT2D eigenvalue weighted by Gasteiger charge is -2.34. The topological polar surface area (TPSA) is 49.4 Å². The van der Waals surface area contributed by atoms with Crippen LogP contribution in [0.25, 0.3) is 0 Å². The summed E-state index contributed by atoms with van der Waals surface area (Å²) in [6.45, 7) is 5.91. The Kier molecular flexibility index (Phi) is 5.12. The maximum absolute atomic E-state index is 12.9. The minimum absolute atomic E-state index is 0.338. The van der Waals surface area contributed by atoms with Crippen LogP contribution in [0, 0.1) is 0 Å². The van der Waals surface area contributed by atoms with Gasteiger partial charge in [-0.15, -0.1) is 0 Å². The minimum atomic E-state index is -3.40. The van der Waals surface area contributed by atoms with Crippen LogP contribution in [0.1, 0.15) is 19.4 Å². The van der Waals surface area contributed by atoms with Gasteiger partial charge in [0.1, 0.15) is 0 Å². The van der Waals surface area contributed by atoms with E-state index in [0.717, 1.165) is 5.56 Å². The Morgan fingerprint density at radius 1 is 1.25 bits per heavy atom. The van der Waals surface area contributed by atoms with E-state index in [9.17, 15) is 8.42 Å². The molecule has 2 rings (SSSR count). The molecule has 0 saturated carbocycles. The Balaban J connectivity index is 2.35. The molecular weight excluding hydrogens is 292 g/mol. The summed E-state index contributed by atoms with van der Waals surface area (Å²) in [5.41, 5.74) is 0.827. The van der Waals surface area contributed by atoms with Gasteiger partial charge in [0, 0.05) is 30.1 Å². The smallest absolute Gasteiger partial charge is 0.243 e. The van der Waals surface area contributed by atoms with Crippen LogP contribution in [-0.2, 0) is 16.6 Å². The lowest BCUT2D eigenvalue weighted by molar-refractivity contribution is 0.404. The lowest BCUT2D eigenvalue weighted by atomic mass is 10.2. The molecule has 4 nitrogen and oxygen atoms in total. The number of hydrogen-bond acceptors (Lipinski definition) is 4. The molecule has 6 heteroatoms. The van der Waals surface area contributed by atoms with Crippen LogP contribution in [0.5, 0.6) is 0 Å². The Hall–Kier alpha value is -0.560. The number of benzene rings is 1. The van der Waals surface area contributed by atoms with Gasteiger partial charge in [0.15, 0.2) is 0 Å². The number of hydrogen-bond donors (Lipinski definition) is 1. The summed E-state index contributed by atoms with van der Waals surface area (Å²) in [5.74, 6) is 0. The van der Waals surface area contributed by atoms with Gasteiger partial charge in [0.2, 0.25) is 10.0 Å². The highest BCUT2D eigenvalue weighted by atomic mass is 32.2. The van der Waals surface area contributed by atoms with Crippen molar-refractivity contribution in [3.8, 4) is 0 Å². The quantitative estimate of drug-likeness (QED) is 0.922. The highest BCUT2D eigenvalue weighted by molar-refractivity contribution is 8.00. The molecule has 1 aliphatic heterocycles. The number of thioether (sulfide) groups is 1. The predicted molar refractivity (Wildman–Crippen MR) is 84.5 cm³/mol. The fraction of sp³-hybridized carbons (Fsp3) is 0.571. The van der Waals surface area contributed by atoms with Gasteiger partial charge in [0.25, 0.3) is 0 Å². The largest absolute Gasteiger partial charge is 0.316 e. The fourth-order valence-electron chi connectivity index (χ4n) is 2.56. The highest BCUT2D eigenvalue weighted by Gasteiger charge is 2.32. The molecule has 1 fully saturated rings. The van der Waals surface area contributed by atoms with Crippen LogP contribution in [0.15, 0.2) is 29.2 Å². The second-order valence-corrected chi connectivity index (χ2v) is 9.01. The van der Waals surface area contributed by atoms with Crippen molar-refractivity contribution in [1.29, 1.82) is 0 Å². The zero-order valence-electron chi connectivity index (χ0n) is 12.2. The highest BCUT2D eigenvalue weighted by Crippen LogP contribution is 2.29. The van der Waals surface area contributed by atoms with Crippen molar-refractivity contribution in [2.24, 2.45) is 0 Å². The Bertz CT molecular complexity index is 550. The summed E-state index contributed by atoms with van der Waals surface area (Å²) in [6.07, 6.45) is 0. The Morgan fingerprint density at radius 2 is 1.85 bits per heavy atom. The number of nitrogens with one attached hydrogen (secondary N) is 1. The minimum Gasteiger partial charge on any atom is -0.316 e. The fourth-order valence-corrected chi connectivity index (χ4v) is 5.91. The average Bonchev–Trinajstić information content (AvgIpc) is 2.38. The van der Waals surface area contributed by atoms with E-state index < -0.39 is 10.0 Å². The summed E-state index contributed by atoms with van der Waals surface area (Å²) in [7, 11) is -1.58. The maximum atomic E-state index is 12.9. The van der Waals surface area contributed by atoms with Crippen molar-refractivity contribution in [1.82, 2.24) is 9.62 Å². The SMILES string of the molecule is CNCc1ccccc1S(=O)(=O)N1CC(C)SC(C)C1.